The number of hydrogen-bond donors (Lipinski definition) is 2. The van der Waals surface area contributed by atoms with Gasteiger partial charge in [0.25, 0.3) is 0 Å². The van der Waals surface area contributed by atoms with Crippen LogP contribution < -0.4 is 11.1 Å². The third kappa shape index (κ3) is 1.97. The molecule has 0 bridgehead atoms. The van der Waals surface area contributed by atoms with Crippen LogP contribution in [0.1, 0.15) is 36.4 Å². The standard InChI is InChI=1S/C12H18N2/c13-9-10-5-1-2-6-11(10)12-7-3-4-8-14-12/h1-2,5-6,12,14H,3-4,7-9,13H2. The quantitative estimate of drug-likeness (QED) is 0.748. The lowest BCUT2D eigenvalue weighted by molar-refractivity contribution is 0.410. The van der Waals surface area contributed by atoms with E-state index in [1.807, 2.05) is 0 Å². The molecule has 1 aliphatic heterocycles. The number of piperidine rings is 1. The molecule has 1 fully saturated rings. The Kier molecular flexibility index (Phi) is 3.17. The first-order valence-electron chi connectivity index (χ1n) is 5.43. The fraction of sp³-hybridized carbons (Fsp3) is 0.500. The molecule has 1 atom stereocenters. The van der Waals surface area contributed by atoms with Crippen molar-refractivity contribution in [2.24, 2.45) is 5.73 Å². The summed E-state index contributed by atoms with van der Waals surface area (Å²) < 4.78 is 0. The monoisotopic (exact) mass is 190 g/mol. The Morgan fingerprint density at radius 3 is 2.86 bits per heavy atom. The van der Waals surface area contributed by atoms with Crippen molar-refractivity contribution >= 4 is 0 Å². The summed E-state index contributed by atoms with van der Waals surface area (Å²) in [6.45, 7) is 1.79. The van der Waals surface area contributed by atoms with Crippen molar-refractivity contribution in [1.29, 1.82) is 0 Å². The van der Waals surface area contributed by atoms with E-state index < -0.39 is 0 Å². The second-order valence-electron chi connectivity index (χ2n) is 3.91. The maximum atomic E-state index is 5.73. The number of hydrogen-bond acceptors (Lipinski definition) is 2. The van der Waals surface area contributed by atoms with E-state index in [1.54, 1.807) is 0 Å². The summed E-state index contributed by atoms with van der Waals surface area (Å²) in [5.41, 5.74) is 8.41. The highest BCUT2D eigenvalue weighted by Crippen LogP contribution is 2.25. The summed E-state index contributed by atoms with van der Waals surface area (Å²) >= 11 is 0. The predicted octanol–water partition coefficient (Wildman–Crippen LogP) is 1.96. The van der Waals surface area contributed by atoms with Crippen molar-refractivity contribution in [1.82, 2.24) is 5.32 Å². The third-order valence-corrected chi connectivity index (χ3v) is 2.96. The number of nitrogens with one attached hydrogen (secondary N) is 1. The summed E-state index contributed by atoms with van der Waals surface area (Å²) in [5.74, 6) is 0. The molecule has 1 saturated heterocycles. The average Bonchev–Trinajstić information content (AvgIpc) is 2.30. The molecule has 1 heterocycles. The zero-order chi connectivity index (χ0) is 9.80. The molecule has 0 aromatic heterocycles. The molecule has 1 unspecified atom stereocenters. The summed E-state index contributed by atoms with van der Waals surface area (Å²) in [6.07, 6.45) is 3.88. The van der Waals surface area contributed by atoms with Gasteiger partial charge in [0.1, 0.15) is 0 Å². The van der Waals surface area contributed by atoms with E-state index >= 15 is 0 Å². The zero-order valence-electron chi connectivity index (χ0n) is 8.50. The minimum atomic E-state index is 0.531. The SMILES string of the molecule is NCc1ccccc1C1CCCCN1. The van der Waals surface area contributed by atoms with E-state index in [2.05, 4.69) is 29.6 Å². The van der Waals surface area contributed by atoms with E-state index in [9.17, 15) is 0 Å². The van der Waals surface area contributed by atoms with E-state index in [1.165, 1.54) is 30.4 Å². The molecule has 0 radical (unpaired) electrons. The summed E-state index contributed by atoms with van der Waals surface area (Å²) in [5, 5.41) is 3.55. The smallest absolute Gasteiger partial charge is 0.0323 e. The van der Waals surface area contributed by atoms with Gasteiger partial charge in [-0.15, -0.1) is 0 Å². The maximum Gasteiger partial charge on any atom is 0.0323 e. The first kappa shape index (κ1) is 9.69. The van der Waals surface area contributed by atoms with Gasteiger partial charge in [-0.1, -0.05) is 30.7 Å². The molecular formula is C12H18N2. The van der Waals surface area contributed by atoms with Crippen molar-refractivity contribution in [3.8, 4) is 0 Å². The van der Waals surface area contributed by atoms with Crippen LogP contribution in [0.2, 0.25) is 0 Å². The fourth-order valence-electron chi connectivity index (χ4n) is 2.18. The van der Waals surface area contributed by atoms with Gasteiger partial charge in [-0.25, -0.2) is 0 Å². The predicted molar refractivity (Wildman–Crippen MR) is 58.9 cm³/mol. The molecule has 1 aromatic carbocycles. The highest BCUT2D eigenvalue weighted by atomic mass is 14.9. The van der Waals surface area contributed by atoms with Crippen LogP contribution in [0.4, 0.5) is 0 Å². The minimum absolute atomic E-state index is 0.531. The molecule has 3 N–H and O–H groups in total. The topological polar surface area (TPSA) is 38.0 Å². The molecule has 2 heteroatoms. The van der Waals surface area contributed by atoms with Gasteiger partial charge in [0, 0.05) is 12.6 Å². The van der Waals surface area contributed by atoms with Gasteiger partial charge < -0.3 is 11.1 Å². The van der Waals surface area contributed by atoms with E-state index in [0.29, 0.717) is 12.6 Å². The van der Waals surface area contributed by atoms with Gasteiger partial charge in [0.2, 0.25) is 0 Å². The Labute approximate surface area is 85.5 Å². The Morgan fingerprint density at radius 2 is 2.14 bits per heavy atom. The second kappa shape index (κ2) is 4.58. The highest BCUT2D eigenvalue weighted by molar-refractivity contribution is 5.30. The normalized spacial score (nSPS) is 22.2. The fourth-order valence-corrected chi connectivity index (χ4v) is 2.18. The van der Waals surface area contributed by atoms with E-state index in [0.717, 1.165) is 6.54 Å². The van der Waals surface area contributed by atoms with Crippen LogP contribution in [0.3, 0.4) is 0 Å². The van der Waals surface area contributed by atoms with Gasteiger partial charge in [-0.2, -0.15) is 0 Å². The Balaban J connectivity index is 2.20. The molecule has 14 heavy (non-hydrogen) atoms. The Morgan fingerprint density at radius 1 is 1.29 bits per heavy atom. The Bertz CT molecular complexity index is 290. The van der Waals surface area contributed by atoms with Crippen LogP contribution in [0.15, 0.2) is 24.3 Å². The molecule has 2 nitrogen and oxygen atoms in total. The van der Waals surface area contributed by atoms with Crippen molar-refractivity contribution < 1.29 is 0 Å². The largest absolute Gasteiger partial charge is 0.326 e. The van der Waals surface area contributed by atoms with Crippen LogP contribution in [0, 0.1) is 0 Å². The maximum absolute atomic E-state index is 5.73. The number of rotatable bonds is 2. The van der Waals surface area contributed by atoms with Crippen LogP contribution in [0.25, 0.3) is 0 Å². The van der Waals surface area contributed by atoms with Gasteiger partial charge in [-0.3, -0.25) is 0 Å². The molecule has 0 amide bonds. The first-order valence-corrected chi connectivity index (χ1v) is 5.43. The van der Waals surface area contributed by atoms with E-state index in [-0.39, 0.29) is 0 Å². The van der Waals surface area contributed by atoms with Crippen molar-refractivity contribution in [3.05, 3.63) is 35.4 Å². The van der Waals surface area contributed by atoms with Gasteiger partial charge >= 0.3 is 0 Å². The van der Waals surface area contributed by atoms with Gasteiger partial charge in [0.15, 0.2) is 0 Å². The first-order chi connectivity index (χ1) is 6.92. The molecule has 0 spiro atoms. The van der Waals surface area contributed by atoms with Crippen molar-refractivity contribution in [2.45, 2.75) is 31.8 Å². The molecule has 1 aliphatic rings. The Hall–Kier alpha value is -0.860. The lowest BCUT2D eigenvalue weighted by atomic mass is 9.94. The molecule has 0 aliphatic carbocycles. The third-order valence-electron chi connectivity index (χ3n) is 2.96. The minimum Gasteiger partial charge on any atom is -0.326 e. The van der Waals surface area contributed by atoms with E-state index in [4.69, 9.17) is 5.73 Å². The van der Waals surface area contributed by atoms with Crippen LogP contribution in [-0.4, -0.2) is 6.54 Å². The molecule has 76 valence electrons. The second-order valence-corrected chi connectivity index (χ2v) is 3.91. The lowest BCUT2D eigenvalue weighted by Gasteiger charge is -2.25. The van der Waals surface area contributed by atoms with Crippen LogP contribution in [-0.2, 0) is 6.54 Å². The van der Waals surface area contributed by atoms with Gasteiger partial charge in [0.05, 0.1) is 0 Å². The summed E-state index contributed by atoms with van der Waals surface area (Å²) in [4.78, 5) is 0. The van der Waals surface area contributed by atoms with Crippen molar-refractivity contribution in [3.63, 3.8) is 0 Å². The van der Waals surface area contributed by atoms with Gasteiger partial charge in [-0.05, 0) is 30.5 Å². The zero-order valence-corrected chi connectivity index (χ0v) is 8.50. The van der Waals surface area contributed by atoms with Crippen LogP contribution >= 0.6 is 0 Å². The van der Waals surface area contributed by atoms with Crippen molar-refractivity contribution in [2.75, 3.05) is 6.54 Å². The summed E-state index contributed by atoms with van der Waals surface area (Å²) in [7, 11) is 0. The molecular weight excluding hydrogens is 172 g/mol. The molecule has 0 saturated carbocycles. The molecule has 2 rings (SSSR count). The average molecular weight is 190 g/mol. The molecule has 1 aromatic rings. The van der Waals surface area contributed by atoms with Crippen LogP contribution in [0.5, 0.6) is 0 Å². The highest BCUT2D eigenvalue weighted by Gasteiger charge is 2.16. The number of benzene rings is 1. The lowest BCUT2D eigenvalue weighted by Crippen LogP contribution is -2.27. The number of nitrogens with two attached hydrogens (primary N) is 1. The summed E-state index contributed by atoms with van der Waals surface area (Å²) in [6, 6.07) is 9.03.